The lowest BCUT2D eigenvalue weighted by Gasteiger charge is -2.19. The van der Waals surface area contributed by atoms with Crippen molar-refractivity contribution in [3.05, 3.63) is 23.3 Å². The molecule has 0 aromatic heterocycles. The Labute approximate surface area is 190 Å². The zero-order chi connectivity index (χ0) is 23.2. The predicted octanol–water partition coefficient (Wildman–Crippen LogP) is 7.03. The normalized spacial score (nSPS) is 20.8. The highest BCUT2D eigenvalue weighted by Gasteiger charge is 2.28. The van der Waals surface area contributed by atoms with Crippen LogP contribution in [0.2, 0.25) is 0 Å². The van der Waals surface area contributed by atoms with Crippen molar-refractivity contribution < 1.29 is 19.1 Å². The second kappa shape index (κ2) is 15.3. The lowest BCUT2D eigenvalue weighted by molar-refractivity contribution is -0.143. The Hall–Kier alpha value is -1.58. The van der Waals surface area contributed by atoms with E-state index in [0.717, 1.165) is 51.4 Å². The van der Waals surface area contributed by atoms with Gasteiger partial charge in [0.15, 0.2) is 0 Å². The van der Waals surface area contributed by atoms with Crippen molar-refractivity contribution in [2.75, 3.05) is 13.2 Å². The summed E-state index contributed by atoms with van der Waals surface area (Å²) >= 11 is 0. The molecule has 4 heteroatoms. The zero-order valence-corrected chi connectivity index (χ0v) is 20.9. The molecule has 0 fully saturated rings. The minimum atomic E-state index is -0.391. The largest absolute Gasteiger partial charge is 0.462 e. The van der Waals surface area contributed by atoms with Crippen LogP contribution in [-0.4, -0.2) is 25.2 Å². The molecule has 0 spiro atoms. The van der Waals surface area contributed by atoms with Crippen LogP contribution in [0.25, 0.3) is 0 Å². The lowest BCUT2D eigenvalue weighted by Crippen LogP contribution is -2.21. The molecule has 0 N–H and O–H groups in total. The molecule has 4 nitrogen and oxygen atoms in total. The van der Waals surface area contributed by atoms with Crippen LogP contribution in [-0.2, 0) is 19.1 Å². The number of carbonyl (C=O) groups is 2. The lowest BCUT2D eigenvalue weighted by atomic mass is 9.90. The molecule has 1 aliphatic rings. The predicted molar refractivity (Wildman–Crippen MR) is 128 cm³/mol. The van der Waals surface area contributed by atoms with Crippen LogP contribution in [0.5, 0.6) is 0 Å². The Morgan fingerprint density at radius 3 is 1.90 bits per heavy atom. The van der Waals surface area contributed by atoms with Gasteiger partial charge in [-0.05, 0) is 42.9 Å². The molecule has 0 aliphatic heterocycles. The maximum absolute atomic E-state index is 13.0. The third-order valence-corrected chi connectivity index (χ3v) is 6.77. The Bertz CT molecular complexity index is 604. The Balaban J connectivity index is 2.93. The smallest absolute Gasteiger partial charge is 0.338 e. The van der Waals surface area contributed by atoms with Crippen molar-refractivity contribution in [1.82, 2.24) is 0 Å². The molecule has 0 radical (unpaired) electrons. The summed E-state index contributed by atoms with van der Waals surface area (Å²) in [5, 5.41) is 0. The molecule has 0 heterocycles. The van der Waals surface area contributed by atoms with Gasteiger partial charge >= 0.3 is 11.9 Å². The van der Waals surface area contributed by atoms with Gasteiger partial charge in [-0.25, -0.2) is 9.59 Å². The number of rotatable bonds is 14. The van der Waals surface area contributed by atoms with Crippen LogP contribution in [0.1, 0.15) is 99.3 Å². The third-order valence-electron chi connectivity index (χ3n) is 6.77. The first-order valence-electron chi connectivity index (χ1n) is 12.6. The number of esters is 2. The van der Waals surface area contributed by atoms with Crippen molar-refractivity contribution in [2.24, 2.45) is 23.7 Å². The average Bonchev–Trinajstić information content (AvgIpc) is 2.92. The number of ether oxygens (including phenoxy) is 2. The standard InChI is InChI=1S/C27H46O4/c1-7-11-13-22(9-3)18-30-26(28)24-16-15-20(5)21(6)17-25(24)27(29)31-19-23(10-4)14-12-8-2/h15-16,20-23H,7-14,17-19H2,1-6H3. The van der Waals surface area contributed by atoms with E-state index in [1.54, 1.807) is 6.08 Å². The maximum Gasteiger partial charge on any atom is 0.338 e. The number of carbonyl (C=O) groups excluding carboxylic acids is 2. The fourth-order valence-electron chi connectivity index (χ4n) is 3.89. The van der Waals surface area contributed by atoms with Gasteiger partial charge in [-0.2, -0.15) is 0 Å². The van der Waals surface area contributed by atoms with Crippen molar-refractivity contribution in [1.29, 1.82) is 0 Å². The Morgan fingerprint density at radius 2 is 1.42 bits per heavy atom. The number of unbranched alkanes of at least 4 members (excludes halogenated alkanes) is 2. The van der Waals surface area contributed by atoms with E-state index < -0.39 is 5.97 Å². The van der Waals surface area contributed by atoms with Crippen molar-refractivity contribution in [3.8, 4) is 0 Å². The molecule has 0 amide bonds. The molecule has 0 saturated carbocycles. The number of hydrogen-bond donors (Lipinski definition) is 0. The first-order chi connectivity index (χ1) is 14.9. The topological polar surface area (TPSA) is 52.6 Å². The van der Waals surface area contributed by atoms with E-state index in [2.05, 4.69) is 41.5 Å². The van der Waals surface area contributed by atoms with Gasteiger partial charge in [0.2, 0.25) is 0 Å². The molecule has 31 heavy (non-hydrogen) atoms. The van der Waals surface area contributed by atoms with Crippen LogP contribution in [0.3, 0.4) is 0 Å². The van der Waals surface area contributed by atoms with Gasteiger partial charge < -0.3 is 9.47 Å². The molecule has 178 valence electrons. The number of hydrogen-bond acceptors (Lipinski definition) is 4. The highest BCUT2D eigenvalue weighted by atomic mass is 16.5. The van der Waals surface area contributed by atoms with Gasteiger partial charge in [-0.1, -0.05) is 92.2 Å². The van der Waals surface area contributed by atoms with Gasteiger partial charge in [0.25, 0.3) is 0 Å². The molecule has 0 bridgehead atoms. The fourth-order valence-corrected chi connectivity index (χ4v) is 3.89. The SMILES string of the molecule is CCCCC(CC)COC(=O)C1=C(C(=O)OCC(CC)CCCC)CC(C)C(C)C=C1. The summed E-state index contributed by atoms with van der Waals surface area (Å²) in [4.78, 5) is 26.0. The molecule has 0 saturated heterocycles. The van der Waals surface area contributed by atoms with Gasteiger partial charge in [0.1, 0.15) is 0 Å². The Morgan fingerprint density at radius 1 is 0.903 bits per heavy atom. The molecule has 0 aromatic carbocycles. The van der Waals surface area contributed by atoms with Crippen LogP contribution in [0, 0.1) is 23.7 Å². The van der Waals surface area contributed by atoms with E-state index in [1.807, 2.05) is 6.08 Å². The minimum absolute atomic E-state index is 0.263. The molecule has 1 rings (SSSR count). The number of allylic oxidation sites excluding steroid dienone is 1. The van der Waals surface area contributed by atoms with E-state index in [4.69, 9.17) is 9.47 Å². The van der Waals surface area contributed by atoms with Crippen molar-refractivity contribution >= 4 is 11.9 Å². The summed E-state index contributed by atoms with van der Waals surface area (Å²) in [6, 6.07) is 0. The second-order valence-corrected chi connectivity index (χ2v) is 9.32. The molecular weight excluding hydrogens is 388 g/mol. The van der Waals surface area contributed by atoms with Gasteiger partial charge in [-0.3, -0.25) is 0 Å². The summed E-state index contributed by atoms with van der Waals surface area (Å²) in [6.07, 6.45) is 13.0. The quantitative estimate of drug-likeness (QED) is 0.275. The van der Waals surface area contributed by atoms with Crippen LogP contribution >= 0.6 is 0 Å². The van der Waals surface area contributed by atoms with Crippen molar-refractivity contribution in [3.63, 3.8) is 0 Å². The summed E-state index contributed by atoms with van der Waals surface area (Å²) < 4.78 is 11.4. The van der Waals surface area contributed by atoms with Gasteiger partial charge in [0, 0.05) is 0 Å². The van der Waals surface area contributed by atoms with Gasteiger partial charge in [-0.15, -0.1) is 0 Å². The fraction of sp³-hybridized carbons (Fsp3) is 0.778. The first kappa shape index (κ1) is 27.5. The highest BCUT2D eigenvalue weighted by molar-refractivity contribution is 6.02. The highest BCUT2D eigenvalue weighted by Crippen LogP contribution is 2.29. The summed E-state index contributed by atoms with van der Waals surface area (Å²) in [7, 11) is 0. The molecule has 4 atom stereocenters. The van der Waals surface area contributed by atoms with Crippen LogP contribution in [0.15, 0.2) is 23.3 Å². The minimum Gasteiger partial charge on any atom is -0.462 e. The van der Waals surface area contributed by atoms with Crippen molar-refractivity contribution in [2.45, 2.75) is 99.3 Å². The monoisotopic (exact) mass is 434 g/mol. The van der Waals surface area contributed by atoms with E-state index in [-0.39, 0.29) is 17.8 Å². The van der Waals surface area contributed by atoms with E-state index in [0.29, 0.717) is 42.6 Å². The Kier molecular flexibility index (Phi) is 13.5. The summed E-state index contributed by atoms with van der Waals surface area (Å²) in [5.41, 5.74) is 0.859. The average molecular weight is 435 g/mol. The van der Waals surface area contributed by atoms with E-state index in [9.17, 15) is 9.59 Å². The maximum atomic E-state index is 13.0. The summed E-state index contributed by atoms with van der Waals surface area (Å²) in [5.74, 6) is 0.550. The van der Waals surface area contributed by atoms with Gasteiger partial charge in [0.05, 0.1) is 24.4 Å². The van der Waals surface area contributed by atoms with E-state index in [1.165, 1.54) is 0 Å². The first-order valence-corrected chi connectivity index (χ1v) is 12.6. The summed E-state index contributed by atoms with van der Waals surface area (Å²) in [6.45, 7) is 13.7. The molecule has 0 aromatic rings. The van der Waals surface area contributed by atoms with Crippen LogP contribution < -0.4 is 0 Å². The third kappa shape index (κ3) is 9.62. The second-order valence-electron chi connectivity index (χ2n) is 9.32. The zero-order valence-electron chi connectivity index (χ0n) is 20.9. The molecular formula is C27H46O4. The van der Waals surface area contributed by atoms with E-state index >= 15 is 0 Å². The molecule has 1 aliphatic carbocycles. The molecule has 4 unspecified atom stereocenters. The van der Waals surface area contributed by atoms with Crippen LogP contribution in [0.4, 0.5) is 0 Å².